The zero-order valence-corrected chi connectivity index (χ0v) is 17.7. The molecule has 2 heterocycles. The molecule has 1 aromatic heterocycles. The second-order valence-corrected chi connectivity index (χ2v) is 9.71. The number of para-hydroxylation sites is 1. The van der Waals surface area contributed by atoms with Crippen molar-refractivity contribution in [3.05, 3.63) is 69.8 Å². The fourth-order valence-corrected chi connectivity index (χ4v) is 6.29. The minimum atomic E-state index is -3.56. The van der Waals surface area contributed by atoms with E-state index in [0.29, 0.717) is 41.7 Å². The van der Waals surface area contributed by atoms with Gasteiger partial charge in [-0.1, -0.05) is 29.8 Å². The molecule has 1 fully saturated rings. The van der Waals surface area contributed by atoms with E-state index in [-0.39, 0.29) is 11.6 Å². The quantitative estimate of drug-likeness (QED) is 0.663. The van der Waals surface area contributed by atoms with E-state index in [4.69, 9.17) is 0 Å². The Hall–Kier alpha value is -2.51. The van der Waals surface area contributed by atoms with E-state index in [2.05, 4.69) is 4.98 Å². The van der Waals surface area contributed by atoms with Gasteiger partial charge in [-0.15, -0.1) is 0 Å². The van der Waals surface area contributed by atoms with Gasteiger partial charge in [0, 0.05) is 19.1 Å². The van der Waals surface area contributed by atoms with E-state index in [1.54, 1.807) is 21.3 Å². The van der Waals surface area contributed by atoms with E-state index in [0.717, 1.165) is 16.7 Å². The molecule has 1 aliphatic heterocycles. The molecule has 1 aliphatic rings. The Kier molecular flexibility index (Phi) is 5.04. The molecule has 4 rings (SSSR count). The molecule has 6 nitrogen and oxygen atoms in total. The van der Waals surface area contributed by atoms with Crippen molar-refractivity contribution in [2.24, 2.45) is 0 Å². The van der Waals surface area contributed by atoms with Crippen LogP contribution in [0.5, 0.6) is 0 Å². The molecule has 0 spiro atoms. The molecule has 152 valence electrons. The maximum atomic E-state index is 13.3. The average Bonchev–Trinajstić information content (AvgIpc) is 2.67. The van der Waals surface area contributed by atoms with Crippen molar-refractivity contribution >= 4 is 20.9 Å². The molecule has 1 saturated heterocycles. The summed E-state index contributed by atoms with van der Waals surface area (Å²) < 4.78 is 29.8. The Morgan fingerprint density at radius 3 is 2.28 bits per heavy atom. The number of rotatable bonds is 3. The van der Waals surface area contributed by atoms with Crippen LogP contribution in [0.3, 0.4) is 0 Å². The van der Waals surface area contributed by atoms with Crippen molar-refractivity contribution < 1.29 is 8.42 Å². The number of fused-ring (bicyclic) bond motifs is 1. The molecule has 0 unspecified atom stereocenters. The second-order valence-electron chi connectivity index (χ2n) is 7.84. The molecule has 7 heteroatoms. The van der Waals surface area contributed by atoms with Crippen LogP contribution in [0, 0.1) is 20.8 Å². The highest BCUT2D eigenvalue weighted by Gasteiger charge is 2.32. The van der Waals surface area contributed by atoms with E-state index in [1.165, 1.54) is 0 Å². The van der Waals surface area contributed by atoms with Crippen molar-refractivity contribution in [3.63, 3.8) is 0 Å². The highest BCUT2D eigenvalue weighted by Crippen LogP contribution is 2.30. The first-order chi connectivity index (χ1) is 13.8. The van der Waals surface area contributed by atoms with Gasteiger partial charge in [0.15, 0.2) is 0 Å². The van der Waals surface area contributed by atoms with E-state index in [9.17, 15) is 13.2 Å². The molecule has 0 bridgehead atoms. The van der Waals surface area contributed by atoms with Crippen LogP contribution in [-0.4, -0.2) is 35.4 Å². The van der Waals surface area contributed by atoms with Crippen LogP contribution in [0.25, 0.3) is 10.9 Å². The van der Waals surface area contributed by atoms with Crippen LogP contribution in [0.1, 0.15) is 35.6 Å². The van der Waals surface area contributed by atoms with Gasteiger partial charge in [-0.05, 0) is 56.9 Å². The zero-order valence-electron chi connectivity index (χ0n) is 16.9. The first-order valence-corrected chi connectivity index (χ1v) is 11.3. The second kappa shape index (κ2) is 7.39. The van der Waals surface area contributed by atoms with Gasteiger partial charge in [0.05, 0.1) is 22.1 Å². The molecule has 2 aromatic carbocycles. The smallest absolute Gasteiger partial charge is 0.261 e. The summed E-state index contributed by atoms with van der Waals surface area (Å²) in [5, 5.41) is 0.593. The monoisotopic (exact) mass is 411 g/mol. The molecule has 0 N–H and O–H groups in total. The Balaban J connectivity index is 1.59. The predicted molar refractivity (Wildman–Crippen MR) is 114 cm³/mol. The predicted octanol–water partition coefficient (Wildman–Crippen LogP) is 3.35. The molecule has 29 heavy (non-hydrogen) atoms. The number of piperidine rings is 1. The third-order valence-electron chi connectivity index (χ3n) is 5.71. The molecule has 0 amide bonds. The van der Waals surface area contributed by atoms with Crippen molar-refractivity contribution in [3.8, 4) is 0 Å². The number of benzene rings is 2. The summed E-state index contributed by atoms with van der Waals surface area (Å²) in [6.07, 6.45) is 2.76. The van der Waals surface area contributed by atoms with Gasteiger partial charge in [-0.3, -0.25) is 9.36 Å². The summed E-state index contributed by atoms with van der Waals surface area (Å²) in [6.45, 7) is 6.44. The summed E-state index contributed by atoms with van der Waals surface area (Å²) in [6, 6.07) is 11.1. The lowest BCUT2D eigenvalue weighted by Crippen LogP contribution is -2.41. The van der Waals surface area contributed by atoms with Crippen LogP contribution in [-0.2, 0) is 10.0 Å². The number of aryl methyl sites for hydroxylation is 3. The molecular weight excluding hydrogens is 386 g/mol. The molecule has 0 saturated carbocycles. The van der Waals surface area contributed by atoms with Crippen LogP contribution in [0.15, 0.2) is 52.4 Å². The van der Waals surface area contributed by atoms with Crippen molar-refractivity contribution in [1.29, 1.82) is 0 Å². The molecule has 3 aromatic rings. The lowest BCUT2D eigenvalue weighted by Gasteiger charge is -2.32. The SMILES string of the molecule is Cc1cc(C)c(S(=O)(=O)N2CCC(n3cnc4ccccc4c3=O)CC2)c(C)c1. The van der Waals surface area contributed by atoms with E-state index < -0.39 is 10.0 Å². The fourth-order valence-electron chi connectivity index (χ4n) is 4.41. The number of sulfonamides is 1. The maximum Gasteiger partial charge on any atom is 0.261 e. The van der Waals surface area contributed by atoms with Gasteiger partial charge in [0.2, 0.25) is 10.0 Å². The number of aromatic nitrogens is 2. The van der Waals surface area contributed by atoms with Gasteiger partial charge < -0.3 is 0 Å². The van der Waals surface area contributed by atoms with E-state index in [1.807, 2.05) is 51.1 Å². The lowest BCUT2D eigenvalue weighted by atomic mass is 10.1. The zero-order chi connectivity index (χ0) is 20.8. The fraction of sp³-hybridized carbons (Fsp3) is 0.364. The van der Waals surface area contributed by atoms with Crippen molar-refractivity contribution in [2.45, 2.75) is 44.6 Å². The topological polar surface area (TPSA) is 72.3 Å². The van der Waals surface area contributed by atoms with Gasteiger partial charge >= 0.3 is 0 Å². The van der Waals surface area contributed by atoms with Crippen LogP contribution in [0.2, 0.25) is 0 Å². The normalized spacial score (nSPS) is 16.4. The largest absolute Gasteiger partial charge is 0.296 e. The third-order valence-corrected chi connectivity index (χ3v) is 7.91. The number of hydrogen-bond donors (Lipinski definition) is 0. The Morgan fingerprint density at radius 2 is 1.62 bits per heavy atom. The minimum absolute atomic E-state index is 0.0498. The molecule has 0 aliphatic carbocycles. The minimum Gasteiger partial charge on any atom is -0.296 e. The summed E-state index contributed by atoms with van der Waals surface area (Å²) in [4.78, 5) is 17.6. The number of nitrogens with zero attached hydrogens (tertiary/aromatic N) is 3. The highest BCUT2D eigenvalue weighted by atomic mass is 32.2. The Bertz CT molecular complexity index is 1220. The average molecular weight is 412 g/mol. The number of hydrogen-bond acceptors (Lipinski definition) is 4. The van der Waals surface area contributed by atoms with E-state index >= 15 is 0 Å². The van der Waals surface area contributed by atoms with Crippen LogP contribution in [0.4, 0.5) is 0 Å². The van der Waals surface area contributed by atoms with Gasteiger partial charge in [-0.25, -0.2) is 13.4 Å². The summed E-state index contributed by atoms with van der Waals surface area (Å²) in [5.74, 6) is 0. The lowest BCUT2D eigenvalue weighted by molar-refractivity contribution is 0.269. The molecular formula is C22H25N3O3S. The Labute approximate surface area is 170 Å². The Morgan fingerprint density at radius 1 is 1.00 bits per heavy atom. The van der Waals surface area contributed by atoms with Crippen molar-refractivity contribution in [2.75, 3.05) is 13.1 Å². The van der Waals surface area contributed by atoms with Crippen molar-refractivity contribution in [1.82, 2.24) is 13.9 Å². The summed E-state index contributed by atoms with van der Waals surface area (Å²) >= 11 is 0. The summed E-state index contributed by atoms with van der Waals surface area (Å²) in [7, 11) is -3.56. The molecule has 0 atom stereocenters. The maximum absolute atomic E-state index is 13.3. The first-order valence-electron chi connectivity index (χ1n) is 9.83. The van der Waals surface area contributed by atoms with Gasteiger partial charge in [0.1, 0.15) is 0 Å². The molecule has 0 radical (unpaired) electrons. The van der Waals surface area contributed by atoms with Crippen LogP contribution < -0.4 is 5.56 Å². The first kappa shape index (κ1) is 19.8. The van der Waals surface area contributed by atoms with Crippen LogP contribution >= 0.6 is 0 Å². The van der Waals surface area contributed by atoms with Gasteiger partial charge in [-0.2, -0.15) is 4.31 Å². The highest BCUT2D eigenvalue weighted by molar-refractivity contribution is 7.89. The third kappa shape index (κ3) is 3.49. The summed E-state index contributed by atoms with van der Waals surface area (Å²) in [5.41, 5.74) is 3.22. The standard InChI is InChI=1S/C22H25N3O3S/c1-15-12-16(2)21(17(3)13-15)29(27,28)24-10-8-18(9-11-24)25-14-23-20-7-5-4-6-19(20)22(25)26/h4-7,12-14,18H,8-11H2,1-3H3. The van der Waals surface area contributed by atoms with Gasteiger partial charge in [0.25, 0.3) is 5.56 Å².